The fourth-order valence-corrected chi connectivity index (χ4v) is 2.84. The van der Waals surface area contributed by atoms with E-state index in [1.165, 1.54) is 0 Å². The molecule has 0 aromatic rings. The fraction of sp³-hybridized carbons (Fsp3) is 1.00. The van der Waals surface area contributed by atoms with Crippen LogP contribution < -0.4 is 0 Å². The van der Waals surface area contributed by atoms with E-state index in [0.29, 0.717) is 0 Å². The molecule has 0 saturated carbocycles. The van der Waals surface area contributed by atoms with Crippen LogP contribution in [0.5, 0.6) is 0 Å². The minimum absolute atomic E-state index is 1.71. The zero-order chi connectivity index (χ0) is 31.2. The molecular formula is C12H6F21O4P. The summed E-state index contributed by atoms with van der Waals surface area (Å²) in [4.78, 5) is 0. The first kappa shape index (κ1) is 36.6. The standard InChI is InChI=1S/C12H6F21O4P/c13-1-4(16,17)7(22,23)10(28,29)35-38(34,36-11(30,31)8(24,25)5(18,19)2-14)37-12(32,33)9(26,27)6(20,21)3-15/h1-3H2. The van der Waals surface area contributed by atoms with Gasteiger partial charge in [0.05, 0.1) is 0 Å². The monoisotopic (exact) mass is 644 g/mol. The number of hydrogen-bond acceptors (Lipinski definition) is 4. The molecular weight excluding hydrogens is 638 g/mol. The zero-order valence-electron chi connectivity index (χ0n) is 16.6. The SMILES string of the molecule is O=P(OC(F)(F)C(F)(F)C(F)(F)CF)(OC(F)(F)C(F)(F)C(F)(F)CF)OC(F)(F)C(F)(F)C(F)(F)CF. The molecule has 0 amide bonds. The van der Waals surface area contributed by atoms with Crippen LogP contribution >= 0.6 is 7.82 Å². The molecule has 38 heavy (non-hydrogen) atoms. The Labute approximate surface area is 193 Å². The topological polar surface area (TPSA) is 44.8 Å². The average Bonchev–Trinajstić information content (AvgIpc) is 2.70. The molecule has 0 radical (unpaired) electrons. The van der Waals surface area contributed by atoms with Gasteiger partial charge < -0.3 is 0 Å². The Morgan fingerprint density at radius 3 is 0.684 bits per heavy atom. The minimum Gasteiger partial charge on any atom is -0.244 e. The molecule has 26 heteroatoms. The van der Waals surface area contributed by atoms with Gasteiger partial charge in [-0.1, -0.05) is 0 Å². The van der Waals surface area contributed by atoms with E-state index in [1.807, 2.05) is 0 Å². The van der Waals surface area contributed by atoms with Crippen molar-refractivity contribution in [3.8, 4) is 0 Å². The lowest BCUT2D eigenvalue weighted by Crippen LogP contribution is -2.59. The molecule has 0 aliphatic carbocycles. The van der Waals surface area contributed by atoms with Crippen molar-refractivity contribution >= 4 is 7.82 Å². The highest BCUT2D eigenvalue weighted by Crippen LogP contribution is 2.67. The molecule has 0 bridgehead atoms. The van der Waals surface area contributed by atoms with E-state index in [4.69, 9.17) is 0 Å². The number of alkyl halides is 21. The summed E-state index contributed by atoms with van der Waals surface area (Å²) in [6, 6.07) is 0. The highest BCUT2D eigenvalue weighted by molar-refractivity contribution is 7.48. The van der Waals surface area contributed by atoms with E-state index in [9.17, 15) is 96.8 Å². The Morgan fingerprint density at radius 2 is 0.553 bits per heavy atom. The lowest BCUT2D eigenvalue weighted by molar-refractivity contribution is -0.410. The van der Waals surface area contributed by atoms with E-state index in [2.05, 4.69) is 0 Å². The maximum Gasteiger partial charge on any atom is 0.489 e. The summed E-state index contributed by atoms with van der Waals surface area (Å²) in [6.07, 6.45) is -23.4. The molecule has 0 saturated heterocycles. The predicted molar refractivity (Wildman–Crippen MR) is 73.3 cm³/mol. The number of phosphoric acid groups is 1. The zero-order valence-corrected chi connectivity index (χ0v) is 17.5. The van der Waals surface area contributed by atoms with Gasteiger partial charge in [0.15, 0.2) is 20.0 Å². The van der Waals surface area contributed by atoms with Gasteiger partial charge in [-0.3, -0.25) is 0 Å². The highest BCUT2D eigenvalue weighted by Gasteiger charge is 2.81. The summed E-state index contributed by atoms with van der Waals surface area (Å²) >= 11 is 0. The molecule has 0 heterocycles. The first-order valence-corrected chi connectivity index (χ1v) is 9.57. The first-order chi connectivity index (χ1) is 16.3. The number of phosphoric ester groups is 1. The van der Waals surface area contributed by atoms with Crippen LogP contribution in [0.2, 0.25) is 0 Å². The van der Waals surface area contributed by atoms with Crippen molar-refractivity contribution in [2.75, 3.05) is 20.0 Å². The van der Waals surface area contributed by atoms with E-state index in [-0.39, 0.29) is 0 Å². The molecule has 0 rings (SSSR count). The van der Waals surface area contributed by atoms with E-state index in [1.54, 1.807) is 13.6 Å². The van der Waals surface area contributed by atoms with Crippen molar-refractivity contribution in [2.45, 2.75) is 53.9 Å². The molecule has 0 aliphatic rings. The normalized spacial score (nSPS) is 16.2. The van der Waals surface area contributed by atoms with Crippen LogP contribution in [0.3, 0.4) is 0 Å². The molecule has 230 valence electrons. The Bertz CT molecular complexity index is 763. The third-order valence-electron chi connectivity index (χ3n) is 3.66. The smallest absolute Gasteiger partial charge is 0.244 e. The summed E-state index contributed by atoms with van der Waals surface area (Å²) in [5, 5.41) is 0. The summed E-state index contributed by atoms with van der Waals surface area (Å²) in [5.41, 5.74) is 0. The lowest BCUT2D eigenvalue weighted by Gasteiger charge is -2.37. The Kier molecular flexibility index (Phi) is 9.87. The number of hydrogen-bond donors (Lipinski definition) is 0. The summed E-state index contributed by atoms with van der Waals surface area (Å²) in [7, 11) is -9.17. The molecule has 0 atom stereocenters. The first-order valence-electron chi connectivity index (χ1n) is 8.11. The Morgan fingerprint density at radius 1 is 0.395 bits per heavy atom. The molecule has 0 aliphatic heterocycles. The maximum absolute atomic E-state index is 13.5. The van der Waals surface area contributed by atoms with E-state index < -0.39 is 81.7 Å². The quantitative estimate of drug-likeness (QED) is 0.136. The predicted octanol–water partition coefficient (Wildman–Crippen LogP) is 7.64. The largest absolute Gasteiger partial charge is 0.489 e. The third-order valence-corrected chi connectivity index (χ3v) is 5.02. The van der Waals surface area contributed by atoms with Crippen LogP contribution in [0, 0.1) is 0 Å². The lowest BCUT2D eigenvalue weighted by atomic mass is 10.2. The van der Waals surface area contributed by atoms with Gasteiger partial charge in [0.2, 0.25) is 0 Å². The third kappa shape index (κ3) is 6.18. The van der Waals surface area contributed by atoms with Crippen molar-refractivity contribution in [1.82, 2.24) is 0 Å². The number of rotatable bonds is 15. The van der Waals surface area contributed by atoms with Crippen LogP contribution in [-0.2, 0) is 18.1 Å². The van der Waals surface area contributed by atoms with Gasteiger partial charge in [-0.15, -0.1) is 0 Å². The van der Waals surface area contributed by atoms with Crippen molar-refractivity contribution < 1.29 is 110 Å². The van der Waals surface area contributed by atoms with Crippen LogP contribution in [0.4, 0.5) is 92.2 Å². The minimum atomic E-state index is -9.17. The van der Waals surface area contributed by atoms with Gasteiger partial charge in [0, 0.05) is 0 Å². The van der Waals surface area contributed by atoms with Gasteiger partial charge in [-0.2, -0.15) is 79.0 Å². The second-order valence-corrected chi connectivity index (χ2v) is 7.95. The summed E-state index contributed by atoms with van der Waals surface area (Å²) in [6.45, 7) is -11.8. The second kappa shape index (κ2) is 10.2. The van der Waals surface area contributed by atoms with Crippen molar-refractivity contribution in [3.05, 3.63) is 0 Å². The van der Waals surface area contributed by atoms with Crippen LogP contribution in [-0.4, -0.2) is 73.9 Å². The van der Waals surface area contributed by atoms with Crippen molar-refractivity contribution in [3.63, 3.8) is 0 Å². The van der Waals surface area contributed by atoms with Crippen LogP contribution in [0.25, 0.3) is 0 Å². The van der Waals surface area contributed by atoms with E-state index in [0.717, 1.165) is 0 Å². The molecule has 0 unspecified atom stereocenters. The maximum atomic E-state index is 13.5. The summed E-state index contributed by atoms with van der Waals surface area (Å²) in [5.74, 6) is -43.5. The van der Waals surface area contributed by atoms with Crippen molar-refractivity contribution in [2.24, 2.45) is 0 Å². The molecule has 0 aromatic heterocycles. The Balaban J connectivity index is 7.07. The molecule has 4 nitrogen and oxygen atoms in total. The average molecular weight is 644 g/mol. The van der Waals surface area contributed by atoms with Gasteiger partial charge in [-0.05, 0) is 0 Å². The van der Waals surface area contributed by atoms with Gasteiger partial charge in [-0.25, -0.2) is 31.3 Å². The molecule has 0 spiro atoms. The fourth-order valence-electron chi connectivity index (χ4n) is 1.54. The Hall–Kier alpha value is -1.36. The molecule has 0 N–H and O–H groups in total. The van der Waals surface area contributed by atoms with Crippen LogP contribution in [0.15, 0.2) is 0 Å². The highest BCUT2D eigenvalue weighted by atomic mass is 31.2. The second-order valence-electron chi connectivity index (χ2n) is 6.51. The number of halogens is 21. The van der Waals surface area contributed by atoms with Crippen LogP contribution in [0.1, 0.15) is 0 Å². The van der Waals surface area contributed by atoms with Gasteiger partial charge >= 0.3 is 61.7 Å². The molecule has 0 fully saturated rings. The molecule has 0 aromatic carbocycles. The van der Waals surface area contributed by atoms with Gasteiger partial charge in [0.1, 0.15) is 0 Å². The van der Waals surface area contributed by atoms with E-state index >= 15 is 0 Å². The van der Waals surface area contributed by atoms with Gasteiger partial charge in [0.25, 0.3) is 0 Å². The summed E-state index contributed by atoms with van der Waals surface area (Å²) < 4.78 is 290. The van der Waals surface area contributed by atoms with Crippen molar-refractivity contribution in [1.29, 1.82) is 0 Å².